The van der Waals surface area contributed by atoms with Crippen LogP contribution in [0.3, 0.4) is 0 Å². The number of hydrogen-bond acceptors (Lipinski definition) is 3. The Morgan fingerprint density at radius 2 is 2.12 bits per heavy atom. The van der Waals surface area contributed by atoms with Gasteiger partial charge in [0.15, 0.2) is 0 Å². The summed E-state index contributed by atoms with van der Waals surface area (Å²) in [6.45, 7) is 3.31. The Balaban J connectivity index is 2.75. The number of carbonyl (C=O) groups is 2. The van der Waals surface area contributed by atoms with Gasteiger partial charge in [0.05, 0.1) is 12.0 Å². The maximum Gasteiger partial charge on any atom is 0.305 e. The van der Waals surface area contributed by atoms with Crippen molar-refractivity contribution in [2.24, 2.45) is 0 Å². The molecule has 0 saturated heterocycles. The van der Waals surface area contributed by atoms with Gasteiger partial charge in [0.25, 0.3) is 5.91 Å². The molecule has 2 N–H and O–H groups in total. The number of nitrogens with one attached hydrogen (secondary N) is 1. The normalized spacial score (nSPS) is 11.0. The van der Waals surface area contributed by atoms with Crippen LogP contribution in [-0.2, 0) is 4.79 Å². The Bertz CT molecular complexity index is 446. The van der Waals surface area contributed by atoms with Crippen molar-refractivity contribution in [1.29, 1.82) is 0 Å². The van der Waals surface area contributed by atoms with E-state index in [0.29, 0.717) is 10.0 Å². The van der Waals surface area contributed by atoms with Gasteiger partial charge in [-0.2, -0.15) is 0 Å². The molecule has 0 atom stereocenters. The highest BCUT2D eigenvalue weighted by Crippen LogP contribution is 2.13. The molecule has 0 bridgehead atoms. The van der Waals surface area contributed by atoms with Crippen LogP contribution in [0.25, 0.3) is 0 Å². The number of carboxylic acids is 1. The summed E-state index contributed by atoms with van der Waals surface area (Å²) in [5.41, 5.74) is -0.413. The predicted octanol–water partition coefficient (Wildman–Crippen LogP) is 1.83. The standard InChI is InChI=1S/C11H13BrN2O3/c1-11(2,4-9(15)16)14-10(17)7-3-8(12)6-13-5-7/h3,5-6H,4H2,1-2H3,(H,14,17)(H,15,16). The summed E-state index contributed by atoms with van der Waals surface area (Å²) in [6.07, 6.45) is 2.86. The molecule has 1 rings (SSSR count). The Hall–Kier alpha value is -1.43. The molecule has 1 aromatic rings. The van der Waals surface area contributed by atoms with Crippen LogP contribution >= 0.6 is 15.9 Å². The lowest BCUT2D eigenvalue weighted by Crippen LogP contribution is -2.44. The summed E-state index contributed by atoms with van der Waals surface area (Å²) in [7, 11) is 0. The molecule has 0 fully saturated rings. The fourth-order valence-corrected chi connectivity index (χ4v) is 1.70. The summed E-state index contributed by atoms with van der Waals surface area (Å²) < 4.78 is 0.696. The highest BCUT2D eigenvalue weighted by Gasteiger charge is 2.24. The molecule has 0 aromatic carbocycles. The van der Waals surface area contributed by atoms with Crippen molar-refractivity contribution in [2.75, 3.05) is 0 Å². The second kappa shape index (κ2) is 5.27. The lowest BCUT2D eigenvalue weighted by molar-refractivity contribution is -0.138. The number of aliphatic carboxylic acids is 1. The van der Waals surface area contributed by atoms with Crippen LogP contribution in [-0.4, -0.2) is 27.5 Å². The fraction of sp³-hybridized carbons (Fsp3) is 0.364. The quantitative estimate of drug-likeness (QED) is 0.889. The van der Waals surface area contributed by atoms with E-state index in [1.54, 1.807) is 26.1 Å². The number of carboxylic acid groups (broad SMARTS) is 1. The number of aromatic nitrogens is 1. The van der Waals surface area contributed by atoms with Gasteiger partial charge in [0, 0.05) is 22.4 Å². The summed E-state index contributed by atoms with van der Waals surface area (Å²) >= 11 is 3.21. The molecule has 92 valence electrons. The number of halogens is 1. The number of pyridine rings is 1. The van der Waals surface area contributed by atoms with Crippen LogP contribution in [0.2, 0.25) is 0 Å². The smallest absolute Gasteiger partial charge is 0.305 e. The minimum atomic E-state index is -0.956. The third kappa shape index (κ3) is 4.52. The molecule has 1 heterocycles. The first-order valence-electron chi connectivity index (χ1n) is 4.95. The van der Waals surface area contributed by atoms with Crippen LogP contribution in [0, 0.1) is 0 Å². The molecule has 0 aliphatic rings. The summed E-state index contributed by atoms with van der Waals surface area (Å²) in [6, 6.07) is 1.62. The molecule has 1 aromatic heterocycles. The molecule has 0 aliphatic carbocycles. The van der Waals surface area contributed by atoms with Crippen LogP contribution in [0.5, 0.6) is 0 Å². The van der Waals surface area contributed by atoms with Crippen molar-refractivity contribution in [3.8, 4) is 0 Å². The zero-order valence-electron chi connectivity index (χ0n) is 9.53. The Kier molecular flexibility index (Phi) is 4.22. The number of hydrogen-bond donors (Lipinski definition) is 2. The average molecular weight is 301 g/mol. The van der Waals surface area contributed by atoms with E-state index in [2.05, 4.69) is 26.2 Å². The van der Waals surface area contributed by atoms with Gasteiger partial charge < -0.3 is 10.4 Å². The van der Waals surface area contributed by atoms with Gasteiger partial charge >= 0.3 is 5.97 Å². The SMILES string of the molecule is CC(C)(CC(=O)O)NC(=O)c1cncc(Br)c1. The van der Waals surface area contributed by atoms with Gasteiger partial charge in [0.2, 0.25) is 0 Å². The molecule has 17 heavy (non-hydrogen) atoms. The monoisotopic (exact) mass is 300 g/mol. The van der Waals surface area contributed by atoms with Gasteiger partial charge in [-0.05, 0) is 35.8 Å². The summed E-state index contributed by atoms with van der Waals surface area (Å²) in [5, 5.41) is 11.4. The van der Waals surface area contributed by atoms with Crippen molar-refractivity contribution in [2.45, 2.75) is 25.8 Å². The third-order valence-corrected chi connectivity index (χ3v) is 2.45. The van der Waals surface area contributed by atoms with Crippen LogP contribution in [0.15, 0.2) is 22.9 Å². The molecule has 0 spiro atoms. The van der Waals surface area contributed by atoms with Gasteiger partial charge in [-0.1, -0.05) is 0 Å². The Morgan fingerprint density at radius 1 is 1.47 bits per heavy atom. The van der Waals surface area contributed by atoms with E-state index in [9.17, 15) is 9.59 Å². The van der Waals surface area contributed by atoms with E-state index >= 15 is 0 Å². The van der Waals surface area contributed by atoms with Gasteiger partial charge in [-0.3, -0.25) is 14.6 Å². The van der Waals surface area contributed by atoms with E-state index in [4.69, 9.17) is 5.11 Å². The molecule has 0 radical (unpaired) electrons. The lowest BCUT2D eigenvalue weighted by atomic mass is 10.0. The molecule has 5 nitrogen and oxygen atoms in total. The number of amides is 1. The largest absolute Gasteiger partial charge is 0.481 e. The molecule has 1 amide bonds. The van der Waals surface area contributed by atoms with E-state index in [1.165, 1.54) is 6.20 Å². The first kappa shape index (κ1) is 13.6. The third-order valence-electron chi connectivity index (χ3n) is 2.01. The zero-order chi connectivity index (χ0) is 13.1. The molecule has 0 saturated carbocycles. The minimum Gasteiger partial charge on any atom is -0.481 e. The average Bonchev–Trinajstić information content (AvgIpc) is 2.14. The van der Waals surface area contributed by atoms with Crippen LogP contribution in [0.1, 0.15) is 30.6 Å². The first-order chi connectivity index (χ1) is 7.80. The first-order valence-corrected chi connectivity index (χ1v) is 5.74. The van der Waals surface area contributed by atoms with Crippen molar-refractivity contribution in [1.82, 2.24) is 10.3 Å². The van der Waals surface area contributed by atoms with E-state index < -0.39 is 11.5 Å². The van der Waals surface area contributed by atoms with Crippen molar-refractivity contribution < 1.29 is 14.7 Å². The molecule has 0 unspecified atom stereocenters. The van der Waals surface area contributed by atoms with E-state index in [1.807, 2.05) is 0 Å². The second-order valence-electron chi connectivity index (χ2n) is 4.30. The maximum atomic E-state index is 11.8. The molecular weight excluding hydrogens is 288 g/mol. The Morgan fingerprint density at radius 3 is 2.65 bits per heavy atom. The van der Waals surface area contributed by atoms with Gasteiger partial charge in [-0.25, -0.2) is 0 Å². The van der Waals surface area contributed by atoms with Crippen molar-refractivity contribution in [3.63, 3.8) is 0 Å². The summed E-state index contributed by atoms with van der Waals surface area (Å²) in [5.74, 6) is -1.30. The molecular formula is C11H13BrN2O3. The maximum absolute atomic E-state index is 11.8. The minimum absolute atomic E-state index is 0.139. The van der Waals surface area contributed by atoms with Crippen LogP contribution in [0.4, 0.5) is 0 Å². The molecule has 6 heteroatoms. The zero-order valence-corrected chi connectivity index (χ0v) is 11.1. The van der Waals surface area contributed by atoms with E-state index in [0.717, 1.165) is 0 Å². The number of carbonyl (C=O) groups excluding carboxylic acids is 1. The second-order valence-corrected chi connectivity index (χ2v) is 5.22. The van der Waals surface area contributed by atoms with Crippen LogP contribution < -0.4 is 5.32 Å². The Labute approximate surface area is 107 Å². The van der Waals surface area contributed by atoms with Crippen molar-refractivity contribution in [3.05, 3.63) is 28.5 Å². The topological polar surface area (TPSA) is 79.3 Å². The molecule has 0 aliphatic heterocycles. The van der Waals surface area contributed by atoms with Gasteiger partial charge in [-0.15, -0.1) is 0 Å². The fourth-order valence-electron chi connectivity index (χ4n) is 1.34. The highest BCUT2D eigenvalue weighted by molar-refractivity contribution is 9.10. The van der Waals surface area contributed by atoms with Crippen molar-refractivity contribution >= 4 is 27.8 Å². The number of rotatable bonds is 4. The highest BCUT2D eigenvalue weighted by atomic mass is 79.9. The number of nitrogens with zero attached hydrogens (tertiary/aromatic N) is 1. The lowest BCUT2D eigenvalue weighted by Gasteiger charge is -2.24. The predicted molar refractivity (Wildman–Crippen MR) is 65.7 cm³/mol. The van der Waals surface area contributed by atoms with E-state index in [-0.39, 0.29) is 12.3 Å². The van der Waals surface area contributed by atoms with Gasteiger partial charge in [0.1, 0.15) is 0 Å². The summed E-state index contributed by atoms with van der Waals surface area (Å²) in [4.78, 5) is 26.3.